The topological polar surface area (TPSA) is 54.0 Å². The summed E-state index contributed by atoms with van der Waals surface area (Å²) in [4.78, 5) is 16.6. The van der Waals surface area contributed by atoms with Crippen LogP contribution in [-0.4, -0.2) is 10.9 Å². The first-order valence-corrected chi connectivity index (χ1v) is 8.77. The van der Waals surface area contributed by atoms with E-state index >= 15 is 0 Å². The van der Waals surface area contributed by atoms with Crippen molar-refractivity contribution in [2.24, 2.45) is 5.92 Å². The number of aromatic nitrogens is 1. The predicted molar refractivity (Wildman–Crippen MR) is 97.9 cm³/mol. The van der Waals surface area contributed by atoms with Gasteiger partial charge in [0.1, 0.15) is 5.82 Å². The maximum Gasteiger partial charge on any atom is 0.227 e. The molecule has 4 nitrogen and oxygen atoms in total. The van der Waals surface area contributed by atoms with Crippen LogP contribution in [0.2, 0.25) is 0 Å². The van der Waals surface area contributed by atoms with Crippen molar-refractivity contribution in [3.63, 3.8) is 0 Å². The molecule has 24 heavy (non-hydrogen) atoms. The van der Waals surface area contributed by atoms with Gasteiger partial charge in [-0.2, -0.15) is 0 Å². The van der Waals surface area contributed by atoms with Gasteiger partial charge in [-0.25, -0.2) is 4.98 Å². The average molecular weight is 323 g/mol. The Balaban J connectivity index is 1.53. The van der Waals surface area contributed by atoms with Gasteiger partial charge in [-0.3, -0.25) is 4.79 Å². The molecule has 0 spiro atoms. The summed E-state index contributed by atoms with van der Waals surface area (Å²) >= 11 is 0. The number of anilines is 2. The van der Waals surface area contributed by atoms with Gasteiger partial charge in [0, 0.05) is 12.5 Å². The van der Waals surface area contributed by atoms with Crippen molar-refractivity contribution < 1.29 is 4.79 Å². The molecule has 1 aliphatic carbocycles. The number of aryl methyl sites for hydroxylation is 1. The standard InChI is InChI=1S/C20H25N3O/c1-15-7-5-6-10-17(15)13-21-19-12-11-18(14-22-19)23-20(24)16-8-3-2-4-9-16/h5-7,10-12,14,16H,2-4,8-9,13H2,1H3,(H,21,22)(H,23,24). The fraction of sp³-hybridized carbons (Fsp3) is 0.400. The Kier molecular flexibility index (Phi) is 5.47. The zero-order valence-electron chi connectivity index (χ0n) is 14.2. The summed E-state index contributed by atoms with van der Waals surface area (Å²) in [6.07, 6.45) is 7.33. The third-order valence-electron chi connectivity index (χ3n) is 4.73. The van der Waals surface area contributed by atoms with E-state index in [1.165, 1.54) is 17.5 Å². The largest absolute Gasteiger partial charge is 0.366 e. The average Bonchev–Trinajstić information content (AvgIpc) is 2.63. The molecule has 0 radical (unpaired) electrons. The maximum atomic E-state index is 12.2. The molecule has 1 fully saturated rings. The maximum absolute atomic E-state index is 12.2. The van der Waals surface area contributed by atoms with Gasteiger partial charge in [0.15, 0.2) is 0 Å². The van der Waals surface area contributed by atoms with E-state index in [4.69, 9.17) is 0 Å². The highest BCUT2D eigenvalue weighted by atomic mass is 16.1. The van der Waals surface area contributed by atoms with Crippen LogP contribution in [0.4, 0.5) is 11.5 Å². The second-order valence-corrected chi connectivity index (χ2v) is 6.54. The third-order valence-corrected chi connectivity index (χ3v) is 4.73. The lowest BCUT2D eigenvalue weighted by Gasteiger charge is -2.20. The van der Waals surface area contributed by atoms with Gasteiger partial charge in [-0.1, -0.05) is 43.5 Å². The van der Waals surface area contributed by atoms with Crippen molar-refractivity contribution in [1.29, 1.82) is 0 Å². The summed E-state index contributed by atoms with van der Waals surface area (Å²) < 4.78 is 0. The van der Waals surface area contributed by atoms with Crippen LogP contribution in [-0.2, 0) is 11.3 Å². The summed E-state index contributed by atoms with van der Waals surface area (Å²) in [5.41, 5.74) is 3.29. The molecule has 1 aromatic carbocycles. The molecule has 0 saturated heterocycles. The number of amides is 1. The molecular weight excluding hydrogens is 298 g/mol. The lowest BCUT2D eigenvalue weighted by molar-refractivity contribution is -0.120. The van der Waals surface area contributed by atoms with E-state index < -0.39 is 0 Å². The Bertz CT molecular complexity index is 676. The van der Waals surface area contributed by atoms with Gasteiger partial charge < -0.3 is 10.6 Å². The number of nitrogens with one attached hydrogen (secondary N) is 2. The van der Waals surface area contributed by atoms with Gasteiger partial charge >= 0.3 is 0 Å². The van der Waals surface area contributed by atoms with Crippen LogP contribution in [0.25, 0.3) is 0 Å². The first-order chi connectivity index (χ1) is 11.7. The fourth-order valence-corrected chi connectivity index (χ4v) is 3.18. The molecule has 1 amide bonds. The van der Waals surface area contributed by atoms with Crippen molar-refractivity contribution in [3.8, 4) is 0 Å². The number of carbonyl (C=O) groups is 1. The summed E-state index contributed by atoms with van der Waals surface area (Å²) in [5.74, 6) is 1.11. The SMILES string of the molecule is Cc1ccccc1CNc1ccc(NC(=O)C2CCCCC2)cn1. The molecule has 126 valence electrons. The highest BCUT2D eigenvalue weighted by molar-refractivity contribution is 5.92. The number of benzene rings is 1. The van der Waals surface area contributed by atoms with Gasteiger partial charge in [0.25, 0.3) is 0 Å². The lowest BCUT2D eigenvalue weighted by atomic mass is 9.88. The molecule has 4 heteroatoms. The molecule has 3 rings (SSSR count). The number of hydrogen-bond donors (Lipinski definition) is 2. The van der Waals surface area contributed by atoms with Crippen LogP contribution in [0.1, 0.15) is 43.2 Å². The number of carbonyl (C=O) groups excluding carboxylic acids is 1. The molecule has 2 aromatic rings. The molecule has 1 saturated carbocycles. The van der Waals surface area contributed by atoms with Gasteiger partial charge in [0.2, 0.25) is 5.91 Å². The van der Waals surface area contributed by atoms with E-state index in [-0.39, 0.29) is 11.8 Å². The minimum atomic E-state index is 0.136. The van der Waals surface area contributed by atoms with Crippen LogP contribution in [0.15, 0.2) is 42.6 Å². The quantitative estimate of drug-likeness (QED) is 0.850. The van der Waals surface area contributed by atoms with Gasteiger partial charge in [-0.15, -0.1) is 0 Å². The van der Waals surface area contributed by atoms with Crippen molar-refractivity contribution in [2.75, 3.05) is 10.6 Å². The molecule has 0 atom stereocenters. The smallest absolute Gasteiger partial charge is 0.227 e. The number of rotatable bonds is 5. The first-order valence-electron chi connectivity index (χ1n) is 8.77. The molecule has 0 aliphatic heterocycles. The molecular formula is C20H25N3O. The number of nitrogens with zero attached hydrogens (tertiary/aromatic N) is 1. The molecule has 1 aliphatic rings. The Hall–Kier alpha value is -2.36. The molecule has 1 heterocycles. The summed E-state index contributed by atoms with van der Waals surface area (Å²) in [5, 5.41) is 6.31. The van der Waals surface area contributed by atoms with Crippen molar-refractivity contribution >= 4 is 17.4 Å². The van der Waals surface area contributed by atoms with Crippen molar-refractivity contribution in [3.05, 3.63) is 53.7 Å². The predicted octanol–water partition coefficient (Wildman–Crippen LogP) is 4.52. The fourth-order valence-electron chi connectivity index (χ4n) is 3.18. The first kappa shape index (κ1) is 16.5. The van der Waals surface area contributed by atoms with Crippen LogP contribution >= 0.6 is 0 Å². The Labute approximate surface area is 143 Å². The number of pyridine rings is 1. The normalized spacial score (nSPS) is 15.0. The van der Waals surface area contributed by atoms with Crippen LogP contribution in [0.5, 0.6) is 0 Å². The summed E-state index contributed by atoms with van der Waals surface area (Å²) in [7, 11) is 0. The van der Waals surface area contributed by atoms with Gasteiger partial charge in [-0.05, 0) is 43.0 Å². The van der Waals surface area contributed by atoms with Crippen molar-refractivity contribution in [2.45, 2.75) is 45.6 Å². The summed E-state index contributed by atoms with van der Waals surface area (Å²) in [6.45, 7) is 2.85. The Morgan fingerprint density at radius 1 is 1.12 bits per heavy atom. The number of hydrogen-bond acceptors (Lipinski definition) is 3. The van der Waals surface area contributed by atoms with Crippen LogP contribution < -0.4 is 10.6 Å². The zero-order chi connectivity index (χ0) is 16.8. The lowest BCUT2D eigenvalue weighted by Crippen LogP contribution is -2.24. The minimum absolute atomic E-state index is 0.136. The van der Waals surface area contributed by atoms with Crippen molar-refractivity contribution in [1.82, 2.24) is 4.98 Å². The highest BCUT2D eigenvalue weighted by Gasteiger charge is 2.20. The second kappa shape index (κ2) is 7.95. The zero-order valence-corrected chi connectivity index (χ0v) is 14.2. The van der Waals surface area contributed by atoms with E-state index in [1.807, 2.05) is 24.3 Å². The Morgan fingerprint density at radius 3 is 2.62 bits per heavy atom. The van der Waals surface area contributed by atoms with Crippen LogP contribution in [0.3, 0.4) is 0 Å². The van der Waals surface area contributed by atoms with E-state index in [0.717, 1.165) is 43.7 Å². The molecule has 0 unspecified atom stereocenters. The monoisotopic (exact) mass is 323 g/mol. The van der Waals surface area contributed by atoms with Gasteiger partial charge in [0.05, 0.1) is 11.9 Å². The van der Waals surface area contributed by atoms with E-state index in [9.17, 15) is 4.79 Å². The highest BCUT2D eigenvalue weighted by Crippen LogP contribution is 2.25. The molecule has 1 aromatic heterocycles. The van der Waals surface area contributed by atoms with E-state index in [0.29, 0.717) is 0 Å². The van der Waals surface area contributed by atoms with E-state index in [2.05, 4.69) is 34.7 Å². The van der Waals surface area contributed by atoms with E-state index in [1.54, 1.807) is 6.20 Å². The molecule has 2 N–H and O–H groups in total. The Morgan fingerprint density at radius 2 is 1.92 bits per heavy atom. The molecule has 0 bridgehead atoms. The summed E-state index contributed by atoms with van der Waals surface area (Å²) in [6, 6.07) is 12.1. The second-order valence-electron chi connectivity index (χ2n) is 6.54. The van der Waals surface area contributed by atoms with Crippen LogP contribution in [0, 0.1) is 12.8 Å². The minimum Gasteiger partial charge on any atom is -0.366 e. The third kappa shape index (κ3) is 4.34.